The molecule has 88 valence electrons. The summed E-state index contributed by atoms with van der Waals surface area (Å²) in [5.41, 5.74) is 0.604. The molecule has 1 atom stereocenters. The van der Waals surface area contributed by atoms with Gasteiger partial charge in [0.15, 0.2) is 0 Å². The molecule has 5 heteroatoms. The number of amides is 1. The molecular weight excluding hydrogens is 357 g/mol. The maximum Gasteiger partial charge on any atom is 0.251 e. The van der Waals surface area contributed by atoms with Crippen molar-refractivity contribution in [3.05, 3.63) is 33.3 Å². The van der Waals surface area contributed by atoms with Crippen LogP contribution in [-0.4, -0.2) is 17.3 Å². The zero-order chi connectivity index (χ0) is 12.1. The van der Waals surface area contributed by atoms with Crippen LogP contribution >= 0.6 is 43.5 Å². The predicted octanol–water partition coefficient (Wildman–Crippen LogP) is 4.01. The van der Waals surface area contributed by atoms with E-state index in [-0.39, 0.29) is 5.91 Å². The quantitative estimate of drug-likeness (QED) is 0.799. The molecule has 0 aliphatic rings. The van der Waals surface area contributed by atoms with E-state index < -0.39 is 0 Å². The molecule has 0 radical (unpaired) electrons. The molecule has 0 spiro atoms. The summed E-state index contributed by atoms with van der Waals surface area (Å²) in [4.78, 5) is 12.0. The van der Waals surface area contributed by atoms with Gasteiger partial charge in [0, 0.05) is 21.4 Å². The average Bonchev–Trinajstić information content (AvgIpc) is 2.29. The number of rotatable bonds is 4. The van der Waals surface area contributed by atoms with E-state index >= 15 is 0 Å². The van der Waals surface area contributed by atoms with Crippen LogP contribution < -0.4 is 5.32 Å². The minimum atomic E-state index is -0.0877. The lowest BCUT2D eigenvalue weighted by Gasteiger charge is -2.09. The molecule has 0 aliphatic carbocycles. The Morgan fingerprint density at radius 3 is 2.81 bits per heavy atom. The van der Waals surface area contributed by atoms with Crippen molar-refractivity contribution in [3.8, 4) is 0 Å². The summed E-state index contributed by atoms with van der Waals surface area (Å²) in [6.45, 7) is 2.68. The van der Waals surface area contributed by atoms with Gasteiger partial charge in [-0.2, -0.15) is 0 Å². The molecule has 0 aliphatic heterocycles. The maximum atomic E-state index is 11.7. The number of alkyl halides is 1. The van der Waals surface area contributed by atoms with Gasteiger partial charge in [-0.3, -0.25) is 4.79 Å². The first-order valence-corrected chi connectivity index (χ1v) is 7.00. The van der Waals surface area contributed by atoms with Crippen LogP contribution in [0, 0.1) is 0 Å². The summed E-state index contributed by atoms with van der Waals surface area (Å²) in [6, 6.07) is 5.12. The fraction of sp³-hybridized carbons (Fsp3) is 0.364. The molecule has 1 N–H and O–H groups in total. The molecule has 1 unspecified atom stereocenters. The Balaban J connectivity index is 2.63. The largest absolute Gasteiger partial charge is 0.351 e. The van der Waals surface area contributed by atoms with Gasteiger partial charge < -0.3 is 5.32 Å². The van der Waals surface area contributed by atoms with E-state index in [1.165, 1.54) is 0 Å². The molecule has 0 aromatic heterocycles. The Kier molecular flexibility index (Phi) is 5.79. The van der Waals surface area contributed by atoms with Gasteiger partial charge in [0.1, 0.15) is 0 Å². The summed E-state index contributed by atoms with van der Waals surface area (Å²) in [7, 11) is 0. The van der Waals surface area contributed by atoms with Crippen LogP contribution in [0.15, 0.2) is 22.7 Å². The van der Waals surface area contributed by atoms with E-state index in [9.17, 15) is 4.79 Å². The van der Waals surface area contributed by atoms with Crippen LogP contribution in [0.2, 0.25) is 5.02 Å². The number of hydrogen-bond acceptors (Lipinski definition) is 1. The normalized spacial score (nSPS) is 12.2. The summed E-state index contributed by atoms with van der Waals surface area (Å²) >= 11 is 12.6. The van der Waals surface area contributed by atoms with Crippen molar-refractivity contribution in [1.29, 1.82) is 0 Å². The van der Waals surface area contributed by atoms with Crippen molar-refractivity contribution in [2.24, 2.45) is 0 Å². The van der Waals surface area contributed by atoms with Crippen LogP contribution in [0.4, 0.5) is 0 Å². The van der Waals surface area contributed by atoms with Crippen molar-refractivity contribution in [2.75, 3.05) is 6.54 Å². The summed E-state index contributed by atoms with van der Waals surface area (Å²) < 4.78 is 0.729. The molecular formula is C11H12Br2ClNO. The molecule has 0 heterocycles. The van der Waals surface area contributed by atoms with Crippen molar-refractivity contribution in [1.82, 2.24) is 5.32 Å². The third-order valence-electron chi connectivity index (χ3n) is 2.11. The van der Waals surface area contributed by atoms with Gasteiger partial charge in [0.05, 0.1) is 5.02 Å². The van der Waals surface area contributed by atoms with Crippen LogP contribution in [0.1, 0.15) is 23.7 Å². The van der Waals surface area contributed by atoms with Gasteiger partial charge >= 0.3 is 0 Å². The molecule has 2 nitrogen and oxygen atoms in total. The van der Waals surface area contributed by atoms with Gasteiger partial charge in [-0.15, -0.1) is 0 Å². The van der Waals surface area contributed by atoms with E-state index in [2.05, 4.69) is 44.1 Å². The van der Waals surface area contributed by atoms with E-state index in [0.717, 1.165) is 10.9 Å². The third-order valence-corrected chi connectivity index (χ3v) is 4.29. The Morgan fingerprint density at radius 2 is 2.25 bits per heavy atom. The second-order valence-corrected chi connectivity index (χ2v) is 5.90. The number of carbonyl (C=O) groups is 1. The van der Waals surface area contributed by atoms with E-state index in [1.54, 1.807) is 18.2 Å². The minimum Gasteiger partial charge on any atom is -0.351 e. The summed E-state index contributed by atoms with van der Waals surface area (Å²) in [6.07, 6.45) is 0.977. The molecule has 0 bridgehead atoms. The Bertz CT molecular complexity index is 384. The fourth-order valence-electron chi connectivity index (χ4n) is 1.09. The molecule has 1 aromatic carbocycles. The molecule has 1 aromatic rings. The van der Waals surface area contributed by atoms with Crippen molar-refractivity contribution >= 4 is 49.4 Å². The van der Waals surface area contributed by atoms with Crippen molar-refractivity contribution in [3.63, 3.8) is 0 Å². The first-order chi connectivity index (χ1) is 7.54. The Morgan fingerprint density at radius 1 is 1.56 bits per heavy atom. The third kappa shape index (κ3) is 4.07. The number of benzene rings is 1. The SMILES string of the molecule is CCC(Br)CNC(=O)c1ccc(Cl)c(Br)c1. The van der Waals surface area contributed by atoms with Crippen molar-refractivity contribution in [2.45, 2.75) is 18.2 Å². The predicted molar refractivity (Wildman–Crippen MR) is 74.5 cm³/mol. The Hall–Kier alpha value is -0.0600. The number of halogens is 3. The first-order valence-electron chi connectivity index (χ1n) is 4.92. The van der Waals surface area contributed by atoms with Crippen LogP contribution in [0.3, 0.4) is 0 Å². The van der Waals surface area contributed by atoms with Crippen LogP contribution in [0.5, 0.6) is 0 Å². The average molecular weight is 369 g/mol. The lowest BCUT2D eigenvalue weighted by Crippen LogP contribution is -2.29. The highest BCUT2D eigenvalue weighted by atomic mass is 79.9. The molecule has 0 saturated heterocycles. The summed E-state index contributed by atoms with van der Waals surface area (Å²) in [5, 5.41) is 3.45. The number of nitrogens with one attached hydrogen (secondary N) is 1. The summed E-state index contributed by atoms with van der Waals surface area (Å²) in [5.74, 6) is -0.0877. The monoisotopic (exact) mass is 367 g/mol. The Labute approximate surface area is 117 Å². The van der Waals surface area contributed by atoms with Gasteiger partial charge in [-0.05, 0) is 40.5 Å². The highest BCUT2D eigenvalue weighted by molar-refractivity contribution is 9.10. The fourth-order valence-corrected chi connectivity index (χ4v) is 1.75. The number of hydrogen-bond donors (Lipinski definition) is 1. The van der Waals surface area contributed by atoms with E-state index in [0.29, 0.717) is 22.0 Å². The van der Waals surface area contributed by atoms with Crippen LogP contribution in [0.25, 0.3) is 0 Å². The second kappa shape index (κ2) is 6.62. The van der Waals surface area contributed by atoms with Crippen molar-refractivity contribution < 1.29 is 4.79 Å². The van der Waals surface area contributed by atoms with Gasteiger partial charge in [0.25, 0.3) is 5.91 Å². The lowest BCUT2D eigenvalue weighted by molar-refractivity contribution is 0.0954. The van der Waals surface area contributed by atoms with Crippen LogP contribution in [-0.2, 0) is 0 Å². The molecule has 0 fully saturated rings. The molecule has 0 saturated carbocycles. The molecule has 1 amide bonds. The van der Waals surface area contributed by atoms with E-state index in [1.807, 2.05) is 0 Å². The maximum absolute atomic E-state index is 11.7. The number of carbonyl (C=O) groups excluding carboxylic acids is 1. The molecule has 16 heavy (non-hydrogen) atoms. The smallest absolute Gasteiger partial charge is 0.251 e. The second-order valence-electron chi connectivity index (χ2n) is 3.34. The standard InChI is InChI=1S/C11H12Br2ClNO/c1-2-8(12)6-15-11(16)7-3-4-10(14)9(13)5-7/h3-5,8H,2,6H2,1H3,(H,15,16). The molecule has 1 rings (SSSR count). The lowest BCUT2D eigenvalue weighted by atomic mass is 10.2. The van der Waals surface area contributed by atoms with Gasteiger partial charge in [0.2, 0.25) is 0 Å². The van der Waals surface area contributed by atoms with Gasteiger partial charge in [-0.1, -0.05) is 34.5 Å². The zero-order valence-corrected chi connectivity index (χ0v) is 12.7. The zero-order valence-electron chi connectivity index (χ0n) is 8.77. The topological polar surface area (TPSA) is 29.1 Å². The highest BCUT2D eigenvalue weighted by Gasteiger charge is 2.09. The van der Waals surface area contributed by atoms with E-state index in [4.69, 9.17) is 11.6 Å². The highest BCUT2D eigenvalue weighted by Crippen LogP contribution is 2.23. The minimum absolute atomic E-state index is 0.0877. The first kappa shape index (κ1) is 14.0. The van der Waals surface area contributed by atoms with Gasteiger partial charge in [-0.25, -0.2) is 0 Å².